The van der Waals surface area contributed by atoms with Crippen molar-refractivity contribution >= 4 is 28.6 Å². The average molecular weight is 282 g/mol. The molecular formula is C14H16ClNO3. The third-order valence-electron chi connectivity index (χ3n) is 2.61. The average Bonchev–Trinajstić information content (AvgIpc) is 2.64. The van der Waals surface area contributed by atoms with Gasteiger partial charge in [-0.2, -0.15) is 0 Å². The molecule has 5 heteroatoms. The molecule has 1 aromatic carbocycles. The topological polar surface area (TPSA) is 51.5 Å². The maximum Gasteiger partial charge on any atom is 0.419 e. The van der Waals surface area contributed by atoms with E-state index >= 15 is 0 Å². The van der Waals surface area contributed by atoms with Crippen molar-refractivity contribution in [3.05, 3.63) is 35.0 Å². The molecule has 2 rings (SSSR count). The summed E-state index contributed by atoms with van der Waals surface area (Å²) in [5, 5.41) is 10.7. The highest BCUT2D eigenvalue weighted by molar-refractivity contribution is 6.31. The minimum absolute atomic E-state index is 0.160. The summed E-state index contributed by atoms with van der Waals surface area (Å²) >= 11 is 5.94. The summed E-state index contributed by atoms with van der Waals surface area (Å²) in [6.07, 6.45) is 1.11. The van der Waals surface area contributed by atoms with Crippen molar-refractivity contribution in [2.75, 3.05) is 0 Å². The van der Waals surface area contributed by atoms with E-state index in [2.05, 4.69) is 0 Å². The van der Waals surface area contributed by atoms with Crippen LogP contribution in [-0.2, 0) is 11.3 Å². The van der Waals surface area contributed by atoms with Gasteiger partial charge in [0.1, 0.15) is 5.60 Å². The van der Waals surface area contributed by atoms with E-state index in [1.165, 1.54) is 4.57 Å². The molecular weight excluding hydrogens is 266 g/mol. The predicted octanol–water partition coefficient (Wildman–Crippen LogP) is 3.57. The van der Waals surface area contributed by atoms with Crippen molar-refractivity contribution in [2.24, 2.45) is 0 Å². The summed E-state index contributed by atoms with van der Waals surface area (Å²) in [5.41, 5.74) is 0.741. The Balaban J connectivity index is 2.52. The van der Waals surface area contributed by atoms with Crippen LogP contribution in [0.5, 0.6) is 0 Å². The minimum Gasteiger partial charge on any atom is -0.443 e. The Morgan fingerprint density at radius 3 is 2.68 bits per heavy atom. The van der Waals surface area contributed by atoms with Gasteiger partial charge >= 0.3 is 6.09 Å². The highest BCUT2D eigenvalue weighted by Gasteiger charge is 2.20. The lowest BCUT2D eigenvalue weighted by atomic mass is 10.2. The van der Waals surface area contributed by atoms with Crippen molar-refractivity contribution in [3.63, 3.8) is 0 Å². The number of hydrogen-bond acceptors (Lipinski definition) is 3. The van der Waals surface area contributed by atoms with Gasteiger partial charge in [-0.05, 0) is 39.0 Å². The predicted molar refractivity (Wildman–Crippen MR) is 74.5 cm³/mol. The number of ether oxygens (including phenoxy) is 1. The van der Waals surface area contributed by atoms with E-state index in [-0.39, 0.29) is 6.61 Å². The third-order valence-corrected chi connectivity index (χ3v) is 2.84. The first-order valence-corrected chi connectivity index (χ1v) is 6.33. The Kier molecular flexibility index (Phi) is 3.56. The molecule has 0 atom stereocenters. The van der Waals surface area contributed by atoms with Gasteiger partial charge in [-0.1, -0.05) is 11.6 Å². The number of nitrogens with zero attached hydrogens (tertiary/aromatic N) is 1. The Labute approximate surface area is 116 Å². The molecule has 1 N–H and O–H groups in total. The normalized spacial score (nSPS) is 11.8. The van der Waals surface area contributed by atoms with Gasteiger partial charge in [0.2, 0.25) is 0 Å². The summed E-state index contributed by atoms with van der Waals surface area (Å²) in [5.74, 6) is 0. The lowest BCUT2D eigenvalue weighted by Crippen LogP contribution is -2.26. The number of rotatable bonds is 1. The Morgan fingerprint density at radius 1 is 1.42 bits per heavy atom. The van der Waals surface area contributed by atoms with Gasteiger partial charge in [-0.3, -0.25) is 4.57 Å². The van der Waals surface area contributed by atoms with Gasteiger partial charge in [0.05, 0.1) is 12.1 Å². The van der Waals surface area contributed by atoms with Crippen LogP contribution >= 0.6 is 11.6 Å². The van der Waals surface area contributed by atoms with Gasteiger partial charge in [0.25, 0.3) is 0 Å². The van der Waals surface area contributed by atoms with E-state index < -0.39 is 11.7 Å². The zero-order valence-corrected chi connectivity index (χ0v) is 11.9. The van der Waals surface area contributed by atoms with Crippen molar-refractivity contribution in [1.29, 1.82) is 0 Å². The number of carbonyl (C=O) groups excluding carboxylic acids is 1. The number of halogens is 1. The second-order valence-corrected chi connectivity index (χ2v) is 5.76. The van der Waals surface area contributed by atoms with Crippen molar-refractivity contribution in [2.45, 2.75) is 33.0 Å². The first-order valence-electron chi connectivity index (χ1n) is 5.95. The van der Waals surface area contributed by atoms with Crippen molar-refractivity contribution in [1.82, 2.24) is 4.57 Å². The molecule has 0 unspecified atom stereocenters. The molecule has 102 valence electrons. The van der Waals surface area contributed by atoms with Crippen molar-refractivity contribution in [3.8, 4) is 0 Å². The molecule has 1 aromatic heterocycles. The summed E-state index contributed by atoms with van der Waals surface area (Å²) in [4.78, 5) is 12.1. The first-order chi connectivity index (χ1) is 8.81. The van der Waals surface area contributed by atoms with Crippen LogP contribution in [0.4, 0.5) is 4.79 Å². The second kappa shape index (κ2) is 4.87. The van der Waals surface area contributed by atoms with E-state index in [9.17, 15) is 9.90 Å². The first kappa shape index (κ1) is 13.9. The molecule has 0 aliphatic rings. The fraction of sp³-hybridized carbons (Fsp3) is 0.357. The van der Waals surface area contributed by atoms with Gasteiger partial charge in [-0.25, -0.2) is 4.79 Å². The van der Waals surface area contributed by atoms with E-state index in [1.54, 1.807) is 45.2 Å². The van der Waals surface area contributed by atoms with E-state index in [4.69, 9.17) is 16.3 Å². The highest BCUT2D eigenvalue weighted by Crippen LogP contribution is 2.26. The molecule has 0 saturated heterocycles. The van der Waals surface area contributed by atoms with Gasteiger partial charge in [0.15, 0.2) is 0 Å². The number of aromatic nitrogens is 1. The third kappa shape index (κ3) is 2.91. The molecule has 0 spiro atoms. The molecule has 0 saturated carbocycles. The molecule has 4 nitrogen and oxygen atoms in total. The van der Waals surface area contributed by atoms with E-state index in [0.717, 1.165) is 5.39 Å². The lowest BCUT2D eigenvalue weighted by Gasteiger charge is -2.19. The number of benzene rings is 1. The minimum atomic E-state index is -0.570. The van der Waals surface area contributed by atoms with Gasteiger partial charge in [-0.15, -0.1) is 0 Å². The number of hydrogen-bond donors (Lipinski definition) is 1. The molecule has 0 amide bonds. The molecule has 0 aliphatic carbocycles. The van der Waals surface area contributed by atoms with Crippen LogP contribution in [0.1, 0.15) is 26.3 Å². The largest absolute Gasteiger partial charge is 0.443 e. The Hall–Kier alpha value is -1.52. The van der Waals surface area contributed by atoms with Crippen LogP contribution in [0, 0.1) is 0 Å². The highest BCUT2D eigenvalue weighted by atomic mass is 35.5. The lowest BCUT2D eigenvalue weighted by molar-refractivity contribution is 0.0544. The fourth-order valence-electron chi connectivity index (χ4n) is 1.86. The fourth-order valence-corrected chi connectivity index (χ4v) is 2.03. The number of carbonyl (C=O) groups is 1. The van der Waals surface area contributed by atoms with Crippen LogP contribution in [0.25, 0.3) is 10.9 Å². The smallest absolute Gasteiger partial charge is 0.419 e. The molecule has 2 aromatic rings. The molecule has 19 heavy (non-hydrogen) atoms. The van der Waals surface area contributed by atoms with Crippen LogP contribution < -0.4 is 0 Å². The number of aliphatic hydroxyl groups is 1. The SMILES string of the molecule is CC(C)(C)OC(=O)n1cc(CO)c2cc(Cl)ccc21. The standard InChI is InChI=1S/C14H16ClNO3/c1-14(2,3)19-13(18)16-7-9(8-17)11-6-10(15)4-5-12(11)16/h4-7,17H,8H2,1-3H3. The molecule has 0 radical (unpaired) electrons. The number of fused-ring (bicyclic) bond motifs is 1. The zero-order chi connectivity index (χ0) is 14.2. The van der Waals surface area contributed by atoms with Crippen LogP contribution in [0.2, 0.25) is 5.02 Å². The maximum atomic E-state index is 12.1. The van der Waals surface area contributed by atoms with Gasteiger partial charge in [0, 0.05) is 22.2 Å². The van der Waals surface area contributed by atoms with Crippen LogP contribution in [0.3, 0.4) is 0 Å². The van der Waals surface area contributed by atoms with Crippen molar-refractivity contribution < 1.29 is 14.6 Å². The molecule has 0 bridgehead atoms. The second-order valence-electron chi connectivity index (χ2n) is 5.32. The van der Waals surface area contributed by atoms with Crippen LogP contribution in [-0.4, -0.2) is 21.4 Å². The molecule has 0 fully saturated rings. The molecule has 0 aliphatic heterocycles. The van der Waals surface area contributed by atoms with E-state index in [0.29, 0.717) is 16.1 Å². The maximum absolute atomic E-state index is 12.1. The summed E-state index contributed by atoms with van der Waals surface area (Å²) in [6.45, 7) is 5.26. The zero-order valence-electron chi connectivity index (χ0n) is 11.1. The monoisotopic (exact) mass is 281 g/mol. The summed E-state index contributed by atoms with van der Waals surface area (Å²) in [6, 6.07) is 5.16. The Morgan fingerprint density at radius 2 is 2.11 bits per heavy atom. The van der Waals surface area contributed by atoms with Gasteiger partial charge < -0.3 is 9.84 Å². The Bertz CT molecular complexity index is 625. The van der Waals surface area contributed by atoms with E-state index in [1.807, 2.05) is 0 Å². The van der Waals surface area contributed by atoms with Crippen LogP contribution in [0.15, 0.2) is 24.4 Å². The summed E-state index contributed by atoms with van der Waals surface area (Å²) < 4.78 is 6.72. The quantitative estimate of drug-likeness (QED) is 0.869. The summed E-state index contributed by atoms with van der Waals surface area (Å²) in [7, 11) is 0. The number of aliphatic hydroxyl groups excluding tert-OH is 1. The molecule has 1 heterocycles.